The van der Waals surface area contributed by atoms with Crippen LogP contribution in [0.1, 0.15) is 12.5 Å². The van der Waals surface area contributed by atoms with Gasteiger partial charge in [0.05, 0.1) is 12.0 Å². The van der Waals surface area contributed by atoms with Gasteiger partial charge in [-0.25, -0.2) is 9.78 Å². The van der Waals surface area contributed by atoms with Gasteiger partial charge in [0, 0.05) is 19.7 Å². The lowest BCUT2D eigenvalue weighted by atomic mass is 9.97. The summed E-state index contributed by atoms with van der Waals surface area (Å²) < 4.78 is 7.74. The molecule has 26 heavy (non-hydrogen) atoms. The molecule has 0 spiro atoms. The largest absolute Gasteiger partial charge is 0.494 e. The standard InChI is InChI=1S/C18H17N5O3/c1-4-26-11-7-5-6-10(8-11)13-12(9-19)15(20)21-16-14(13)17(24)23(3)18(25)22(16)2/h5-8H,4H2,1-3H3,(H2,20,21). The quantitative estimate of drug-likeness (QED) is 0.757. The van der Waals surface area contributed by atoms with Crippen molar-refractivity contribution in [2.45, 2.75) is 6.92 Å². The molecule has 2 N–H and O–H groups in total. The Morgan fingerprint density at radius 2 is 2.00 bits per heavy atom. The molecule has 8 nitrogen and oxygen atoms in total. The number of hydrogen-bond donors (Lipinski definition) is 1. The Morgan fingerprint density at radius 3 is 2.65 bits per heavy atom. The van der Waals surface area contributed by atoms with Gasteiger partial charge in [-0.05, 0) is 24.6 Å². The first-order valence-electron chi connectivity index (χ1n) is 7.93. The first kappa shape index (κ1) is 17.2. The summed E-state index contributed by atoms with van der Waals surface area (Å²) in [5.41, 5.74) is 6.03. The number of pyridine rings is 1. The molecule has 3 rings (SSSR count). The molecule has 0 bridgehead atoms. The summed E-state index contributed by atoms with van der Waals surface area (Å²) in [6, 6.07) is 9.04. The number of nitrogen functional groups attached to an aromatic ring is 1. The van der Waals surface area contributed by atoms with E-state index in [0.717, 1.165) is 4.57 Å². The number of aromatic nitrogens is 3. The summed E-state index contributed by atoms with van der Waals surface area (Å²) in [6.45, 7) is 2.34. The number of rotatable bonds is 3. The fraction of sp³-hybridized carbons (Fsp3) is 0.222. The van der Waals surface area contributed by atoms with Gasteiger partial charge in [0.1, 0.15) is 23.2 Å². The SMILES string of the molecule is CCOc1cccc(-c2c(C#N)c(N)nc3c2c(=O)n(C)c(=O)n3C)c1. The lowest BCUT2D eigenvalue weighted by Crippen LogP contribution is -2.37. The molecular formula is C18H17N5O3. The molecule has 0 aliphatic carbocycles. The highest BCUT2D eigenvalue weighted by Gasteiger charge is 2.21. The van der Waals surface area contributed by atoms with E-state index in [1.54, 1.807) is 24.3 Å². The molecule has 0 aliphatic rings. The van der Waals surface area contributed by atoms with Gasteiger partial charge < -0.3 is 10.5 Å². The number of fused-ring (bicyclic) bond motifs is 1. The van der Waals surface area contributed by atoms with Gasteiger partial charge >= 0.3 is 5.69 Å². The smallest absolute Gasteiger partial charge is 0.332 e. The van der Waals surface area contributed by atoms with Crippen LogP contribution >= 0.6 is 0 Å². The minimum Gasteiger partial charge on any atom is -0.494 e. The minimum absolute atomic E-state index is 0.0416. The number of anilines is 1. The second-order valence-corrected chi connectivity index (χ2v) is 5.72. The van der Waals surface area contributed by atoms with Crippen molar-refractivity contribution in [3.63, 3.8) is 0 Å². The summed E-state index contributed by atoms with van der Waals surface area (Å²) in [4.78, 5) is 29.2. The first-order chi connectivity index (χ1) is 12.4. The Hall–Kier alpha value is -3.60. The van der Waals surface area contributed by atoms with E-state index in [1.165, 1.54) is 18.7 Å². The Morgan fingerprint density at radius 1 is 1.27 bits per heavy atom. The van der Waals surface area contributed by atoms with Crippen molar-refractivity contribution in [1.82, 2.24) is 14.1 Å². The highest BCUT2D eigenvalue weighted by atomic mass is 16.5. The monoisotopic (exact) mass is 351 g/mol. The Kier molecular flexibility index (Phi) is 4.22. The van der Waals surface area contributed by atoms with E-state index in [1.807, 2.05) is 13.0 Å². The van der Waals surface area contributed by atoms with Crippen molar-refractivity contribution in [3.05, 3.63) is 50.7 Å². The Bertz CT molecular complexity index is 1180. The lowest BCUT2D eigenvalue weighted by molar-refractivity contribution is 0.340. The van der Waals surface area contributed by atoms with Crippen LogP contribution in [0.3, 0.4) is 0 Å². The summed E-state index contributed by atoms with van der Waals surface area (Å²) in [7, 11) is 2.88. The van der Waals surface area contributed by atoms with Crippen LogP contribution in [0.2, 0.25) is 0 Å². The fourth-order valence-electron chi connectivity index (χ4n) is 2.92. The average Bonchev–Trinajstić information content (AvgIpc) is 2.64. The fourth-order valence-corrected chi connectivity index (χ4v) is 2.92. The minimum atomic E-state index is -0.538. The molecule has 0 aliphatic heterocycles. The topological polar surface area (TPSA) is 116 Å². The van der Waals surface area contributed by atoms with Crippen LogP contribution in [0, 0.1) is 11.3 Å². The van der Waals surface area contributed by atoms with E-state index in [-0.39, 0.29) is 22.4 Å². The van der Waals surface area contributed by atoms with E-state index in [4.69, 9.17) is 10.5 Å². The van der Waals surface area contributed by atoms with Crippen LogP contribution in [0.4, 0.5) is 5.82 Å². The molecular weight excluding hydrogens is 334 g/mol. The third-order valence-electron chi connectivity index (χ3n) is 4.16. The summed E-state index contributed by atoms with van der Waals surface area (Å²) in [5.74, 6) is 0.555. The van der Waals surface area contributed by atoms with Crippen LogP contribution in [0.15, 0.2) is 33.9 Å². The average molecular weight is 351 g/mol. The first-order valence-corrected chi connectivity index (χ1v) is 7.93. The van der Waals surface area contributed by atoms with E-state index in [2.05, 4.69) is 4.98 Å². The van der Waals surface area contributed by atoms with Crippen molar-refractivity contribution in [2.24, 2.45) is 14.1 Å². The number of nitrogens with zero attached hydrogens (tertiary/aromatic N) is 4. The number of hydrogen-bond acceptors (Lipinski definition) is 6. The van der Waals surface area contributed by atoms with E-state index in [0.29, 0.717) is 23.5 Å². The van der Waals surface area contributed by atoms with Gasteiger partial charge in [0.25, 0.3) is 5.56 Å². The molecule has 0 saturated heterocycles. The van der Waals surface area contributed by atoms with Crippen molar-refractivity contribution < 1.29 is 4.74 Å². The predicted molar refractivity (Wildman–Crippen MR) is 98.0 cm³/mol. The number of nitriles is 1. The molecule has 0 saturated carbocycles. The molecule has 1 aromatic carbocycles. The maximum absolute atomic E-state index is 12.8. The number of nitrogens with two attached hydrogens (primary N) is 1. The number of aryl methyl sites for hydroxylation is 1. The van der Waals surface area contributed by atoms with Gasteiger partial charge in [-0.1, -0.05) is 12.1 Å². The van der Waals surface area contributed by atoms with Crippen molar-refractivity contribution in [3.8, 4) is 22.9 Å². The van der Waals surface area contributed by atoms with Gasteiger partial charge in [-0.15, -0.1) is 0 Å². The van der Waals surface area contributed by atoms with Crippen LogP contribution in [-0.2, 0) is 14.1 Å². The van der Waals surface area contributed by atoms with E-state index in [9.17, 15) is 14.9 Å². The molecule has 0 atom stereocenters. The molecule has 2 heterocycles. The summed E-state index contributed by atoms with van der Waals surface area (Å²) in [5, 5.41) is 9.76. The summed E-state index contributed by atoms with van der Waals surface area (Å²) >= 11 is 0. The van der Waals surface area contributed by atoms with Gasteiger partial charge in [0.15, 0.2) is 5.65 Å². The molecule has 0 radical (unpaired) electrons. The maximum atomic E-state index is 12.8. The van der Waals surface area contributed by atoms with Gasteiger partial charge in [-0.2, -0.15) is 5.26 Å². The zero-order chi connectivity index (χ0) is 19.0. The second kappa shape index (κ2) is 6.37. The second-order valence-electron chi connectivity index (χ2n) is 5.72. The highest BCUT2D eigenvalue weighted by Crippen LogP contribution is 2.33. The van der Waals surface area contributed by atoms with Crippen molar-refractivity contribution >= 4 is 16.9 Å². The number of benzene rings is 1. The van der Waals surface area contributed by atoms with Crippen LogP contribution in [0.25, 0.3) is 22.2 Å². The van der Waals surface area contributed by atoms with Crippen LogP contribution in [0.5, 0.6) is 5.75 Å². The zero-order valence-corrected chi connectivity index (χ0v) is 14.6. The van der Waals surface area contributed by atoms with Crippen LogP contribution in [-0.4, -0.2) is 20.7 Å². The van der Waals surface area contributed by atoms with E-state index >= 15 is 0 Å². The number of ether oxygens (including phenoxy) is 1. The molecule has 0 fully saturated rings. The van der Waals surface area contributed by atoms with E-state index < -0.39 is 11.2 Å². The van der Waals surface area contributed by atoms with Gasteiger partial charge in [-0.3, -0.25) is 13.9 Å². The Balaban J connectivity index is 2.56. The zero-order valence-electron chi connectivity index (χ0n) is 14.6. The maximum Gasteiger partial charge on any atom is 0.332 e. The molecule has 2 aromatic heterocycles. The molecule has 132 valence electrons. The Labute approximate surface area is 148 Å². The highest BCUT2D eigenvalue weighted by molar-refractivity contribution is 5.98. The van der Waals surface area contributed by atoms with Crippen LogP contribution < -0.4 is 21.7 Å². The summed E-state index contributed by atoms with van der Waals surface area (Å²) in [6.07, 6.45) is 0. The third kappa shape index (κ3) is 2.50. The van der Waals surface area contributed by atoms with Crippen molar-refractivity contribution in [2.75, 3.05) is 12.3 Å². The van der Waals surface area contributed by atoms with Crippen molar-refractivity contribution in [1.29, 1.82) is 5.26 Å². The third-order valence-corrected chi connectivity index (χ3v) is 4.16. The molecule has 0 amide bonds. The molecule has 3 aromatic rings. The molecule has 0 unspecified atom stereocenters. The lowest BCUT2D eigenvalue weighted by Gasteiger charge is -2.14. The normalized spacial score (nSPS) is 10.7. The molecule has 8 heteroatoms. The predicted octanol–water partition coefficient (Wildman–Crippen LogP) is 1.15. The van der Waals surface area contributed by atoms with Gasteiger partial charge in [0.2, 0.25) is 0 Å².